The Labute approximate surface area is 145 Å². The van der Waals surface area contributed by atoms with Crippen LogP contribution in [0.2, 0.25) is 0 Å². The Bertz CT molecular complexity index is 921. The lowest BCUT2D eigenvalue weighted by molar-refractivity contribution is 0.170. The highest BCUT2D eigenvalue weighted by atomic mass is 16.5. The molecule has 0 bridgehead atoms. The van der Waals surface area contributed by atoms with Gasteiger partial charge in [0.1, 0.15) is 5.82 Å². The molecule has 1 aromatic heterocycles. The molecule has 0 unspecified atom stereocenters. The predicted molar refractivity (Wildman–Crippen MR) is 96.3 cm³/mol. The quantitative estimate of drug-likeness (QED) is 0.669. The van der Waals surface area contributed by atoms with Gasteiger partial charge in [0.05, 0.1) is 24.6 Å². The molecule has 3 aromatic rings. The normalized spacial score (nSPS) is 10.8. The van der Waals surface area contributed by atoms with Gasteiger partial charge in [-0.05, 0) is 30.3 Å². The first-order chi connectivity index (χ1) is 12.2. The third kappa shape index (κ3) is 3.80. The third-order valence-electron chi connectivity index (χ3n) is 3.80. The first kappa shape index (κ1) is 17.0. The maximum atomic E-state index is 12.3. The standard InChI is InChI=1S/C19H20N2O4/c1-23-10-5-11-25-17-12-13(8-9-16(17)24-2)18-20-15-7-4-3-6-14(15)19(22)21-18/h3-4,6-9,12H,5,10-11H2,1-2H3,(H,20,21,22). The second kappa shape index (κ2) is 7.81. The number of fused-ring (bicyclic) bond motifs is 1. The highest BCUT2D eigenvalue weighted by Crippen LogP contribution is 2.31. The lowest BCUT2D eigenvalue weighted by Gasteiger charge is -2.12. The minimum Gasteiger partial charge on any atom is -0.493 e. The number of aromatic amines is 1. The van der Waals surface area contributed by atoms with Crippen LogP contribution in [0.4, 0.5) is 0 Å². The minimum absolute atomic E-state index is 0.168. The molecule has 0 atom stereocenters. The average Bonchev–Trinajstić information content (AvgIpc) is 2.65. The summed E-state index contributed by atoms with van der Waals surface area (Å²) in [6, 6.07) is 12.7. The predicted octanol–water partition coefficient (Wildman–Crippen LogP) is 3.01. The molecule has 6 heteroatoms. The maximum absolute atomic E-state index is 12.3. The van der Waals surface area contributed by atoms with E-state index in [0.717, 1.165) is 12.0 Å². The van der Waals surface area contributed by atoms with Crippen molar-refractivity contribution in [2.45, 2.75) is 6.42 Å². The van der Waals surface area contributed by atoms with Gasteiger partial charge in [0.2, 0.25) is 0 Å². The van der Waals surface area contributed by atoms with E-state index in [0.29, 0.717) is 41.4 Å². The summed E-state index contributed by atoms with van der Waals surface area (Å²) >= 11 is 0. The number of hydrogen-bond acceptors (Lipinski definition) is 5. The second-order valence-corrected chi connectivity index (χ2v) is 5.49. The SMILES string of the molecule is COCCCOc1cc(-c2nc3ccccc3c(=O)[nH]2)ccc1OC. The van der Waals surface area contributed by atoms with Gasteiger partial charge in [-0.25, -0.2) is 4.98 Å². The first-order valence-corrected chi connectivity index (χ1v) is 8.02. The number of ether oxygens (including phenoxy) is 3. The Morgan fingerprint density at radius 1 is 1.04 bits per heavy atom. The molecular weight excluding hydrogens is 320 g/mol. The average molecular weight is 340 g/mol. The van der Waals surface area contributed by atoms with Crippen LogP contribution in [0.15, 0.2) is 47.3 Å². The summed E-state index contributed by atoms with van der Waals surface area (Å²) in [5.41, 5.74) is 1.24. The van der Waals surface area contributed by atoms with Gasteiger partial charge in [0, 0.05) is 25.7 Å². The zero-order valence-electron chi connectivity index (χ0n) is 14.2. The summed E-state index contributed by atoms with van der Waals surface area (Å²) in [6.45, 7) is 1.14. The van der Waals surface area contributed by atoms with E-state index in [4.69, 9.17) is 14.2 Å². The molecule has 0 aliphatic carbocycles. The first-order valence-electron chi connectivity index (χ1n) is 8.02. The largest absolute Gasteiger partial charge is 0.493 e. The number of H-pyrrole nitrogens is 1. The highest BCUT2D eigenvalue weighted by Gasteiger charge is 2.10. The van der Waals surface area contributed by atoms with Crippen LogP contribution >= 0.6 is 0 Å². The smallest absolute Gasteiger partial charge is 0.259 e. The fourth-order valence-electron chi connectivity index (χ4n) is 2.55. The topological polar surface area (TPSA) is 73.4 Å². The van der Waals surface area contributed by atoms with Gasteiger partial charge in [-0.15, -0.1) is 0 Å². The van der Waals surface area contributed by atoms with Gasteiger partial charge in [-0.2, -0.15) is 0 Å². The van der Waals surface area contributed by atoms with Crippen LogP contribution in [0, 0.1) is 0 Å². The molecule has 0 aliphatic heterocycles. The number of rotatable bonds is 7. The van der Waals surface area contributed by atoms with Gasteiger partial charge < -0.3 is 19.2 Å². The molecule has 0 amide bonds. The maximum Gasteiger partial charge on any atom is 0.259 e. The summed E-state index contributed by atoms with van der Waals surface area (Å²) in [5.74, 6) is 1.73. The molecule has 0 saturated heterocycles. The van der Waals surface area contributed by atoms with E-state index < -0.39 is 0 Å². The van der Waals surface area contributed by atoms with Crippen molar-refractivity contribution >= 4 is 10.9 Å². The number of para-hydroxylation sites is 1. The third-order valence-corrected chi connectivity index (χ3v) is 3.80. The number of aromatic nitrogens is 2. The zero-order valence-corrected chi connectivity index (χ0v) is 14.2. The number of nitrogens with zero attached hydrogens (tertiary/aromatic N) is 1. The summed E-state index contributed by atoms with van der Waals surface area (Å²) in [4.78, 5) is 19.6. The van der Waals surface area contributed by atoms with E-state index in [-0.39, 0.29) is 5.56 Å². The van der Waals surface area contributed by atoms with Crippen LogP contribution in [0.25, 0.3) is 22.3 Å². The number of benzene rings is 2. The molecular formula is C19H20N2O4. The molecule has 0 aliphatic rings. The van der Waals surface area contributed by atoms with Crippen molar-refractivity contribution in [3.05, 3.63) is 52.8 Å². The fraction of sp³-hybridized carbons (Fsp3) is 0.263. The Morgan fingerprint density at radius 2 is 1.88 bits per heavy atom. The Kier molecular flexibility index (Phi) is 5.30. The lowest BCUT2D eigenvalue weighted by Crippen LogP contribution is -2.09. The lowest BCUT2D eigenvalue weighted by atomic mass is 10.1. The molecule has 0 saturated carbocycles. The van der Waals surface area contributed by atoms with Gasteiger partial charge in [-0.3, -0.25) is 4.79 Å². The molecule has 0 spiro atoms. The van der Waals surface area contributed by atoms with E-state index in [1.54, 1.807) is 26.4 Å². The van der Waals surface area contributed by atoms with E-state index >= 15 is 0 Å². The number of methoxy groups -OCH3 is 2. The molecule has 1 heterocycles. The molecule has 0 radical (unpaired) electrons. The van der Waals surface area contributed by atoms with Crippen molar-refractivity contribution in [2.75, 3.05) is 27.4 Å². The van der Waals surface area contributed by atoms with Crippen molar-refractivity contribution in [3.8, 4) is 22.9 Å². The van der Waals surface area contributed by atoms with Crippen molar-refractivity contribution in [2.24, 2.45) is 0 Å². The highest BCUT2D eigenvalue weighted by molar-refractivity contribution is 5.79. The van der Waals surface area contributed by atoms with Crippen molar-refractivity contribution < 1.29 is 14.2 Å². The fourth-order valence-corrected chi connectivity index (χ4v) is 2.55. The van der Waals surface area contributed by atoms with Gasteiger partial charge in [0.15, 0.2) is 11.5 Å². The number of nitrogens with one attached hydrogen (secondary N) is 1. The van der Waals surface area contributed by atoms with Crippen molar-refractivity contribution in [3.63, 3.8) is 0 Å². The van der Waals surface area contributed by atoms with E-state index in [9.17, 15) is 4.79 Å². The summed E-state index contributed by atoms with van der Waals surface area (Å²) < 4.78 is 16.1. The molecule has 130 valence electrons. The van der Waals surface area contributed by atoms with Gasteiger partial charge >= 0.3 is 0 Å². The van der Waals surface area contributed by atoms with Gasteiger partial charge in [-0.1, -0.05) is 12.1 Å². The Hall–Kier alpha value is -2.86. The second-order valence-electron chi connectivity index (χ2n) is 5.49. The van der Waals surface area contributed by atoms with E-state index in [1.165, 1.54) is 0 Å². The minimum atomic E-state index is -0.168. The van der Waals surface area contributed by atoms with Crippen LogP contribution in [0.1, 0.15) is 6.42 Å². The monoisotopic (exact) mass is 340 g/mol. The van der Waals surface area contributed by atoms with Crippen molar-refractivity contribution in [1.29, 1.82) is 0 Å². The zero-order chi connectivity index (χ0) is 17.6. The van der Waals surface area contributed by atoms with Gasteiger partial charge in [0.25, 0.3) is 5.56 Å². The van der Waals surface area contributed by atoms with Crippen LogP contribution < -0.4 is 15.0 Å². The van der Waals surface area contributed by atoms with Crippen LogP contribution in [-0.2, 0) is 4.74 Å². The van der Waals surface area contributed by atoms with E-state index in [1.807, 2.05) is 30.3 Å². The van der Waals surface area contributed by atoms with Crippen LogP contribution in [0.3, 0.4) is 0 Å². The Morgan fingerprint density at radius 3 is 2.68 bits per heavy atom. The summed E-state index contributed by atoms with van der Waals surface area (Å²) in [5, 5.41) is 0.566. The molecule has 25 heavy (non-hydrogen) atoms. The number of hydrogen-bond donors (Lipinski definition) is 1. The molecule has 1 N–H and O–H groups in total. The summed E-state index contributed by atoms with van der Waals surface area (Å²) in [7, 11) is 3.25. The van der Waals surface area contributed by atoms with Crippen LogP contribution in [0.5, 0.6) is 11.5 Å². The summed E-state index contributed by atoms with van der Waals surface area (Å²) in [6.07, 6.45) is 0.773. The molecule has 6 nitrogen and oxygen atoms in total. The Balaban J connectivity index is 1.95. The molecule has 2 aromatic carbocycles. The molecule has 0 fully saturated rings. The van der Waals surface area contributed by atoms with E-state index in [2.05, 4.69) is 9.97 Å². The van der Waals surface area contributed by atoms with Crippen LogP contribution in [-0.4, -0.2) is 37.4 Å². The molecule has 3 rings (SSSR count). The van der Waals surface area contributed by atoms with Crippen molar-refractivity contribution in [1.82, 2.24) is 9.97 Å².